The Hall–Kier alpha value is -1.33. The highest BCUT2D eigenvalue weighted by atomic mass is 32.1. The number of hydrogen-bond acceptors (Lipinski definition) is 3. The fourth-order valence-corrected chi connectivity index (χ4v) is 3.31. The monoisotopic (exact) mass is 278 g/mol. The summed E-state index contributed by atoms with van der Waals surface area (Å²) in [5, 5.41) is 4.15. The van der Waals surface area contributed by atoms with Crippen LogP contribution in [0.25, 0.3) is 0 Å². The first-order valence-corrected chi connectivity index (χ1v) is 6.90. The van der Waals surface area contributed by atoms with Gasteiger partial charge in [-0.25, -0.2) is 0 Å². The molecule has 1 aromatic carbocycles. The predicted octanol–water partition coefficient (Wildman–Crippen LogP) is 2.06. The van der Waals surface area contributed by atoms with Gasteiger partial charge in [0.05, 0.1) is 12.6 Å². The average molecular weight is 278 g/mol. The van der Waals surface area contributed by atoms with Crippen LogP contribution in [0, 0.1) is 0 Å². The second kappa shape index (κ2) is 4.65. The van der Waals surface area contributed by atoms with Gasteiger partial charge in [-0.05, 0) is 25.2 Å². The standard InChI is InChI=1S/C14H18N2O2S/c1-14-9-11(10-5-3-4-6-12(10)18-14)15-13(19)16(14)7-8-17-2/h3-6,11H,7-9H2,1-2H3,(H,15,19)/t11-,14-/m0/s1. The molecule has 2 aliphatic heterocycles. The third-order valence-electron chi connectivity index (χ3n) is 3.84. The van der Waals surface area contributed by atoms with Crippen LogP contribution >= 0.6 is 12.2 Å². The maximum absolute atomic E-state index is 6.21. The van der Waals surface area contributed by atoms with Crippen LogP contribution in [0.3, 0.4) is 0 Å². The molecule has 0 spiro atoms. The zero-order chi connectivity index (χ0) is 13.5. The molecule has 3 rings (SSSR count). The normalized spacial score (nSPS) is 28.4. The zero-order valence-electron chi connectivity index (χ0n) is 11.2. The number of benzene rings is 1. The van der Waals surface area contributed by atoms with Gasteiger partial charge in [0.15, 0.2) is 10.8 Å². The number of rotatable bonds is 3. The van der Waals surface area contributed by atoms with E-state index in [1.807, 2.05) is 18.2 Å². The Balaban J connectivity index is 1.94. The largest absolute Gasteiger partial charge is 0.468 e. The Labute approximate surface area is 118 Å². The Bertz CT molecular complexity index is 508. The molecule has 2 aliphatic rings. The molecule has 102 valence electrons. The van der Waals surface area contributed by atoms with Gasteiger partial charge in [0.25, 0.3) is 0 Å². The van der Waals surface area contributed by atoms with E-state index in [9.17, 15) is 0 Å². The molecular weight excluding hydrogens is 260 g/mol. The van der Waals surface area contributed by atoms with Crippen LogP contribution in [0.5, 0.6) is 5.75 Å². The second-order valence-electron chi connectivity index (χ2n) is 5.17. The maximum Gasteiger partial charge on any atom is 0.184 e. The number of para-hydroxylation sites is 1. The molecule has 0 aliphatic carbocycles. The number of thiocarbonyl (C=S) groups is 1. The molecular formula is C14H18N2O2S. The topological polar surface area (TPSA) is 33.7 Å². The summed E-state index contributed by atoms with van der Waals surface area (Å²) in [4.78, 5) is 2.08. The van der Waals surface area contributed by atoms with Crippen LogP contribution < -0.4 is 10.1 Å². The van der Waals surface area contributed by atoms with Crippen LogP contribution in [0.1, 0.15) is 24.9 Å². The van der Waals surface area contributed by atoms with E-state index in [1.54, 1.807) is 7.11 Å². The smallest absolute Gasteiger partial charge is 0.184 e. The zero-order valence-corrected chi connectivity index (χ0v) is 12.0. The molecule has 1 fully saturated rings. The van der Waals surface area contributed by atoms with Crippen molar-refractivity contribution in [1.82, 2.24) is 10.2 Å². The van der Waals surface area contributed by atoms with E-state index in [-0.39, 0.29) is 11.8 Å². The molecule has 1 aromatic rings. The molecule has 2 heterocycles. The van der Waals surface area contributed by atoms with Crippen molar-refractivity contribution in [3.63, 3.8) is 0 Å². The van der Waals surface area contributed by atoms with Crippen molar-refractivity contribution in [2.24, 2.45) is 0 Å². The number of hydrogen-bond donors (Lipinski definition) is 1. The summed E-state index contributed by atoms with van der Waals surface area (Å²) < 4.78 is 11.4. The van der Waals surface area contributed by atoms with Crippen LogP contribution in [-0.4, -0.2) is 36.0 Å². The first-order chi connectivity index (χ1) is 9.14. The van der Waals surface area contributed by atoms with Crippen LogP contribution in [0.4, 0.5) is 0 Å². The van der Waals surface area contributed by atoms with Crippen molar-refractivity contribution in [1.29, 1.82) is 0 Å². The highest BCUT2D eigenvalue weighted by molar-refractivity contribution is 7.80. The lowest BCUT2D eigenvalue weighted by molar-refractivity contribution is -0.0740. The van der Waals surface area contributed by atoms with Crippen molar-refractivity contribution in [2.45, 2.75) is 25.1 Å². The number of fused-ring (bicyclic) bond motifs is 4. The van der Waals surface area contributed by atoms with Gasteiger partial charge in [-0.2, -0.15) is 0 Å². The van der Waals surface area contributed by atoms with Gasteiger partial charge in [0.1, 0.15) is 5.75 Å². The second-order valence-corrected chi connectivity index (χ2v) is 5.55. The van der Waals surface area contributed by atoms with E-state index in [0.29, 0.717) is 6.61 Å². The van der Waals surface area contributed by atoms with Crippen molar-refractivity contribution in [3.05, 3.63) is 29.8 Å². The lowest BCUT2D eigenvalue weighted by Gasteiger charge is -2.52. The molecule has 4 nitrogen and oxygen atoms in total. The van der Waals surface area contributed by atoms with E-state index in [4.69, 9.17) is 21.7 Å². The number of methoxy groups -OCH3 is 1. The third-order valence-corrected chi connectivity index (χ3v) is 4.18. The van der Waals surface area contributed by atoms with Crippen LogP contribution in [-0.2, 0) is 4.74 Å². The SMILES string of the molecule is COCCN1C(=S)N[C@H]2C[C@]1(C)Oc1ccccc12. The molecule has 19 heavy (non-hydrogen) atoms. The minimum absolute atomic E-state index is 0.237. The summed E-state index contributed by atoms with van der Waals surface area (Å²) >= 11 is 5.48. The van der Waals surface area contributed by atoms with Gasteiger partial charge in [0.2, 0.25) is 0 Å². The van der Waals surface area contributed by atoms with E-state index in [2.05, 4.69) is 23.2 Å². The lowest BCUT2D eigenvalue weighted by atomic mass is 9.91. The van der Waals surface area contributed by atoms with Gasteiger partial charge in [-0.15, -0.1) is 0 Å². The Morgan fingerprint density at radius 2 is 2.32 bits per heavy atom. The summed E-state index contributed by atoms with van der Waals surface area (Å²) in [6.07, 6.45) is 0.883. The summed E-state index contributed by atoms with van der Waals surface area (Å²) in [6, 6.07) is 8.39. The Kier molecular flexibility index (Phi) is 3.11. The average Bonchev–Trinajstić information content (AvgIpc) is 2.37. The summed E-state index contributed by atoms with van der Waals surface area (Å²) in [5.74, 6) is 0.943. The van der Waals surface area contributed by atoms with Crippen molar-refractivity contribution in [2.75, 3.05) is 20.3 Å². The molecule has 0 aromatic heterocycles. The molecule has 2 atom stereocenters. The first kappa shape index (κ1) is 12.7. The van der Waals surface area contributed by atoms with Gasteiger partial charge in [0, 0.05) is 25.6 Å². The van der Waals surface area contributed by atoms with Crippen LogP contribution in [0.2, 0.25) is 0 Å². The quantitative estimate of drug-likeness (QED) is 0.856. The van der Waals surface area contributed by atoms with Crippen molar-refractivity contribution >= 4 is 17.3 Å². The molecule has 0 unspecified atom stereocenters. The fourth-order valence-electron chi connectivity index (χ4n) is 2.89. The van der Waals surface area contributed by atoms with Gasteiger partial charge in [-0.1, -0.05) is 18.2 Å². The van der Waals surface area contributed by atoms with Crippen molar-refractivity contribution in [3.8, 4) is 5.75 Å². The molecule has 5 heteroatoms. The molecule has 0 amide bonds. The number of nitrogens with one attached hydrogen (secondary N) is 1. The predicted molar refractivity (Wildman–Crippen MR) is 77.1 cm³/mol. The van der Waals surface area contributed by atoms with E-state index in [0.717, 1.165) is 23.8 Å². The fraction of sp³-hybridized carbons (Fsp3) is 0.500. The first-order valence-electron chi connectivity index (χ1n) is 6.49. The Morgan fingerprint density at radius 3 is 3.11 bits per heavy atom. The van der Waals surface area contributed by atoms with E-state index in [1.165, 1.54) is 5.56 Å². The van der Waals surface area contributed by atoms with Gasteiger partial charge >= 0.3 is 0 Å². The highest BCUT2D eigenvalue weighted by Crippen LogP contribution is 2.43. The number of ether oxygens (including phenoxy) is 2. The summed E-state index contributed by atoms with van der Waals surface area (Å²) in [5.41, 5.74) is 0.800. The van der Waals surface area contributed by atoms with Crippen molar-refractivity contribution < 1.29 is 9.47 Å². The third kappa shape index (κ3) is 2.07. The maximum atomic E-state index is 6.21. The minimum atomic E-state index is -0.389. The Morgan fingerprint density at radius 1 is 1.53 bits per heavy atom. The molecule has 2 bridgehead atoms. The number of nitrogens with zero attached hydrogens (tertiary/aromatic N) is 1. The minimum Gasteiger partial charge on any atom is -0.468 e. The summed E-state index contributed by atoms with van der Waals surface area (Å²) in [6.45, 7) is 3.46. The van der Waals surface area contributed by atoms with Gasteiger partial charge in [-0.3, -0.25) is 0 Å². The summed E-state index contributed by atoms with van der Waals surface area (Å²) in [7, 11) is 1.70. The van der Waals surface area contributed by atoms with Crippen LogP contribution in [0.15, 0.2) is 24.3 Å². The lowest BCUT2D eigenvalue weighted by Crippen LogP contribution is -2.65. The van der Waals surface area contributed by atoms with E-state index >= 15 is 0 Å². The van der Waals surface area contributed by atoms with E-state index < -0.39 is 0 Å². The molecule has 0 saturated carbocycles. The molecule has 0 radical (unpaired) electrons. The van der Waals surface area contributed by atoms with Gasteiger partial charge < -0.3 is 19.7 Å². The molecule has 1 saturated heterocycles. The molecule has 1 N–H and O–H groups in total. The highest BCUT2D eigenvalue weighted by Gasteiger charge is 2.47.